The van der Waals surface area contributed by atoms with Crippen LogP contribution in [0.5, 0.6) is 0 Å². The van der Waals surface area contributed by atoms with Gasteiger partial charge in [-0.1, -0.05) is 66.2 Å². The third-order valence-corrected chi connectivity index (χ3v) is 5.12. The van der Waals surface area contributed by atoms with E-state index >= 15 is 0 Å². The molecule has 4 nitrogen and oxygen atoms in total. The van der Waals surface area contributed by atoms with Crippen molar-refractivity contribution in [2.45, 2.75) is 38.8 Å². The van der Waals surface area contributed by atoms with Crippen LogP contribution >= 0.6 is 0 Å². The summed E-state index contributed by atoms with van der Waals surface area (Å²) in [6, 6.07) is 19.3. The van der Waals surface area contributed by atoms with Gasteiger partial charge in [-0.2, -0.15) is 0 Å². The molecule has 0 aliphatic carbocycles. The van der Waals surface area contributed by atoms with Crippen LogP contribution in [0.15, 0.2) is 60.8 Å². The van der Waals surface area contributed by atoms with Crippen molar-refractivity contribution in [2.75, 3.05) is 13.1 Å². The average molecular weight is 346 g/mol. The van der Waals surface area contributed by atoms with Crippen molar-refractivity contribution in [1.29, 1.82) is 0 Å². The van der Waals surface area contributed by atoms with Gasteiger partial charge in [-0.25, -0.2) is 0 Å². The molecule has 0 bridgehead atoms. The maximum atomic E-state index is 4.35. The molecule has 4 heteroatoms. The molecule has 2 heterocycles. The zero-order valence-electron chi connectivity index (χ0n) is 15.2. The molecule has 1 aromatic heterocycles. The molecule has 0 N–H and O–H groups in total. The SMILES string of the molecule is c1ccc(CCn2cc(-c3ccc(CN4CCCCC4)cc3)nn2)cc1. The molecular weight excluding hydrogens is 320 g/mol. The molecule has 1 aliphatic rings. The summed E-state index contributed by atoms with van der Waals surface area (Å²) in [4.78, 5) is 2.55. The molecule has 1 saturated heterocycles. The van der Waals surface area contributed by atoms with E-state index in [1.165, 1.54) is 43.5 Å². The Hall–Kier alpha value is -2.46. The molecule has 1 fully saturated rings. The Morgan fingerprint density at radius 3 is 2.35 bits per heavy atom. The van der Waals surface area contributed by atoms with Crippen LogP contribution in [0.4, 0.5) is 0 Å². The van der Waals surface area contributed by atoms with E-state index < -0.39 is 0 Å². The van der Waals surface area contributed by atoms with Gasteiger partial charge >= 0.3 is 0 Å². The van der Waals surface area contributed by atoms with E-state index in [0.717, 1.165) is 30.8 Å². The normalized spacial score (nSPS) is 15.2. The number of aromatic nitrogens is 3. The number of hydrogen-bond acceptors (Lipinski definition) is 3. The fraction of sp³-hybridized carbons (Fsp3) is 0.364. The zero-order valence-corrected chi connectivity index (χ0v) is 15.2. The number of hydrogen-bond donors (Lipinski definition) is 0. The van der Waals surface area contributed by atoms with E-state index in [0.29, 0.717) is 0 Å². The number of likely N-dealkylation sites (tertiary alicyclic amines) is 1. The quantitative estimate of drug-likeness (QED) is 0.672. The van der Waals surface area contributed by atoms with Crippen LogP contribution in [0.25, 0.3) is 11.3 Å². The van der Waals surface area contributed by atoms with Crippen LogP contribution in [-0.2, 0) is 19.5 Å². The van der Waals surface area contributed by atoms with Crippen molar-refractivity contribution in [3.8, 4) is 11.3 Å². The van der Waals surface area contributed by atoms with Crippen molar-refractivity contribution in [1.82, 2.24) is 19.9 Å². The molecular formula is C22H26N4. The van der Waals surface area contributed by atoms with Crippen molar-refractivity contribution < 1.29 is 0 Å². The number of piperidine rings is 1. The lowest BCUT2D eigenvalue weighted by atomic mass is 10.1. The number of aryl methyl sites for hydroxylation is 2. The van der Waals surface area contributed by atoms with Crippen molar-refractivity contribution >= 4 is 0 Å². The minimum Gasteiger partial charge on any atom is -0.299 e. The molecule has 0 saturated carbocycles. The first-order chi connectivity index (χ1) is 12.9. The maximum Gasteiger partial charge on any atom is 0.113 e. The minimum atomic E-state index is 0.851. The van der Waals surface area contributed by atoms with Gasteiger partial charge in [0.1, 0.15) is 5.69 Å². The second-order valence-electron chi connectivity index (χ2n) is 7.14. The highest BCUT2D eigenvalue weighted by atomic mass is 15.4. The Labute approximate surface area is 155 Å². The summed E-state index contributed by atoms with van der Waals surface area (Å²) >= 11 is 0. The highest BCUT2D eigenvalue weighted by molar-refractivity contribution is 5.57. The highest BCUT2D eigenvalue weighted by Crippen LogP contribution is 2.19. The Bertz CT molecular complexity index is 802. The van der Waals surface area contributed by atoms with E-state index in [1.807, 2.05) is 16.9 Å². The molecule has 1 aliphatic heterocycles. The molecule has 2 aromatic carbocycles. The fourth-order valence-electron chi connectivity index (χ4n) is 3.58. The zero-order chi connectivity index (χ0) is 17.6. The number of rotatable bonds is 6. The first-order valence-corrected chi connectivity index (χ1v) is 9.62. The van der Waals surface area contributed by atoms with Crippen LogP contribution in [0.3, 0.4) is 0 Å². The molecule has 0 unspecified atom stereocenters. The van der Waals surface area contributed by atoms with Crippen molar-refractivity contribution in [3.05, 3.63) is 71.9 Å². The predicted octanol–water partition coefficient (Wildman–Crippen LogP) is 4.17. The van der Waals surface area contributed by atoms with E-state index in [9.17, 15) is 0 Å². The Kier molecular flexibility index (Phi) is 5.41. The van der Waals surface area contributed by atoms with E-state index in [2.05, 4.69) is 63.7 Å². The summed E-state index contributed by atoms with van der Waals surface area (Å²) < 4.78 is 1.93. The first-order valence-electron chi connectivity index (χ1n) is 9.62. The summed E-state index contributed by atoms with van der Waals surface area (Å²) in [7, 11) is 0. The highest BCUT2D eigenvalue weighted by Gasteiger charge is 2.11. The second-order valence-corrected chi connectivity index (χ2v) is 7.14. The molecule has 3 aromatic rings. The Balaban J connectivity index is 1.36. The maximum absolute atomic E-state index is 4.35. The molecule has 0 radical (unpaired) electrons. The van der Waals surface area contributed by atoms with Crippen LogP contribution < -0.4 is 0 Å². The van der Waals surface area contributed by atoms with Crippen LogP contribution in [-0.4, -0.2) is 33.0 Å². The van der Waals surface area contributed by atoms with Gasteiger partial charge in [0.05, 0.1) is 6.20 Å². The van der Waals surface area contributed by atoms with E-state index in [1.54, 1.807) is 0 Å². The monoisotopic (exact) mass is 346 g/mol. The van der Waals surface area contributed by atoms with Gasteiger partial charge in [-0.3, -0.25) is 9.58 Å². The van der Waals surface area contributed by atoms with Gasteiger partial charge in [0.2, 0.25) is 0 Å². The summed E-state index contributed by atoms with van der Waals surface area (Å²) in [6.45, 7) is 4.38. The molecule has 134 valence electrons. The number of nitrogens with zero attached hydrogens (tertiary/aromatic N) is 4. The van der Waals surface area contributed by atoms with Crippen molar-refractivity contribution in [2.24, 2.45) is 0 Å². The van der Waals surface area contributed by atoms with Gasteiger partial charge in [0, 0.05) is 18.7 Å². The Morgan fingerprint density at radius 1 is 0.808 bits per heavy atom. The minimum absolute atomic E-state index is 0.851. The lowest BCUT2D eigenvalue weighted by Crippen LogP contribution is -2.28. The predicted molar refractivity (Wildman–Crippen MR) is 105 cm³/mol. The van der Waals surface area contributed by atoms with Gasteiger partial charge in [0.25, 0.3) is 0 Å². The first kappa shape index (κ1) is 17.0. The summed E-state index contributed by atoms with van der Waals surface area (Å²) in [5, 5.41) is 8.63. The lowest BCUT2D eigenvalue weighted by Gasteiger charge is -2.26. The molecule has 4 rings (SSSR count). The smallest absolute Gasteiger partial charge is 0.113 e. The van der Waals surface area contributed by atoms with Crippen LogP contribution in [0, 0.1) is 0 Å². The van der Waals surface area contributed by atoms with Gasteiger partial charge < -0.3 is 0 Å². The van der Waals surface area contributed by atoms with Gasteiger partial charge in [0.15, 0.2) is 0 Å². The summed E-state index contributed by atoms with van der Waals surface area (Å²) in [6.07, 6.45) is 7.07. The summed E-state index contributed by atoms with van der Waals surface area (Å²) in [5.74, 6) is 0. The van der Waals surface area contributed by atoms with Gasteiger partial charge in [-0.05, 0) is 43.5 Å². The third kappa shape index (κ3) is 4.38. The van der Waals surface area contributed by atoms with E-state index in [4.69, 9.17) is 0 Å². The van der Waals surface area contributed by atoms with E-state index in [-0.39, 0.29) is 0 Å². The van der Waals surface area contributed by atoms with Crippen LogP contribution in [0.2, 0.25) is 0 Å². The number of benzene rings is 2. The Morgan fingerprint density at radius 2 is 1.58 bits per heavy atom. The molecule has 0 amide bonds. The third-order valence-electron chi connectivity index (χ3n) is 5.12. The molecule has 0 atom stereocenters. The average Bonchev–Trinajstić information content (AvgIpc) is 3.18. The van der Waals surface area contributed by atoms with Crippen molar-refractivity contribution in [3.63, 3.8) is 0 Å². The standard InChI is InChI=1S/C22H26N4/c1-3-7-19(8-4-1)13-16-26-18-22(23-24-26)21-11-9-20(10-12-21)17-25-14-5-2-6-15-25/h1,3-4,7-12,18H,2,5-6,13-17H2. The second kappa shape index (κ2) is 8.28. The summed E-state index contributed by atoms with van der Waals surface area (Å²) in [5.41, 5.74) is 4.79. The van der Waals surface area contributed by atoms with Crippen LogP contribution in [0.1, 0.15) is 30.4 Å². The van der Waals surface area contributed by atoms with Gasteiger partial charge in [-0.15, -0.1) is 5.10 Å². The fourth-order valence-corrected chi connectivity index (χ4v) is 3.58. The molecule has 0 spiro atoms. The molecule has 26 heavy (non-hydrogen) atoms. The topological polar surface area (TPSA) is 34.0 Å². The lowest BCUT2D eigenvalue weighted by molar-refractivity contribution is 0.221. The largest absolute Gasteiger partial charge is 0.299 e.